The van der Waals surface area contributed by atoms with Crippen molar-refractivity contribution < 1.29 is 41.0 Å². The molecule has 0 unspecified atom stereocenters. The highest BCUT2D eigenvalue weighted by Gasteiger charge is 2.38. The molecule has 1 aliphatic rings. The molecule has 32 heavy (non-hydrogen) atoms. The second-order valence-electron chi connectivity index (χ2n) is 6.65. The first-order chi connectivity index (χ1) is 14.8. The Hall–Kier alpha value is -3.35. The van der Waals surface area contributed by atoms with Gasteiger partial charge in [0, 0.05) is 43.3 Å². The Morgan fingerprint density at radius 1 is 1.09 bits per heavy atom. The Bertz CT molecular complexity index is 943. The van der Waals surface area contributed by atoms with Gasteiger partial charge in [0.05, 0.1) is 6.04 Å². The number of hydrogen-bond donors (Lipinski definition) is 3. The number of nitrogens with zero attached hydrogens (tertiary/aromatic N) is 2. The van der Waals surface area contributed by atoms with Crippen molar-refractivity contribution in [2.75, 3.05) is 30.4 Å². The molecular weight excluding hydrogens is 446 g/mol. The molecule has 3 rings (SSSR count). The van der Waals surface area contributed by atoms with Crippen molar-refractivity contribution in [3.05, 3.63) is 53.9 Å². The summed E-state index contributed by atoms with van der Waals surface area (Å²) in [6.45, 7) is 1.86. The number of nitrogens with one attached hydrogen (secondary N) is 2. The molecule has 7 nitrogen and oxygen atoms in total. The summed E-state index contributed by atoms with van der Waals surface area (Å²) in [4.78, 5) is 26.4. The zero-order valence-corrected chi connectivity index (χ0v) is 16.5. The van der Waals surface area contributed by atoms with Gasteiger partial charge in [0.15, 0.2) is 0 Å². The Balaban J connectivity index is 0.000000451. The molecule has 0 radical (unpaired) electrons. The number of carboxylic acid groups (broad SMARTS) is 1. The predicted molar refractivity (Wildman–Crippen MR) is 102 cm³/mol. The third-order valence-corrected chi connectivity index (χ3v) is 4.40. The van der Waals surface area contributed by atoms with Gasteiger partial charge in [-0.15, -0.1) is 0 Å². The fraction of sp³-hybridized carbons (Fsp3) is 0.316. The standard InChI is InChI=1S/C17H17F3N4O.C2HF3O2/c1-24(14-9-21-10-14)13-4-2-12(3-5-13)23-16(25)11-6-7-22-15(8-11)17(18,19)20;3-2(4,5)1(6)7/h2-8,14,21H,9-10H2,1H3,(H,23,25);(H,6,7). The third-order valence-electron chi connectivity index (χ3n) is 4.40. The lowest BCUT2D eigenvalue weighted by molar-refractivity contribution is -0.192. The maximum atomic E-state index is 12.7. The quantitative estimate of drug-likeness (QED) is 0.601. The average molecular weight is 464 g/mol. The number of carbonyl (C=O) groups excluding carboxylic acids is 1. The monoisotopic (exact) mass is 464 g/mol. The number of halogens is 6. The van der Waals surface area contributed by atoms with Gasteiger partial charge in [0.2, 0.25) is 0 Å². The molecule has 13 heteroatoms. The summed E-state index contributed by atoms with van der Waals surface area (Å²) < 4.78 is 69.8. The van der Waals surface area contributed by atoms with Crippen LogP contribution in [0.2, 0.25) is 0 Å². The van der Waals surface area contributed by atoms with Gasteiger partial charge in [-0.25, -0.2) is 4.79 Å². The number of aliphatic carboxylic acids is 1. The lowest BCUT2D eigenvalue weighted by atomic mass is 10.1. The molecular formula is C19H18F6N4O3. The second-order valence-corrected chi connectivity index (χ2v) is 6.65. The fourth-order valence-electron chi connectivity index (χ4n) is 2.47. The first kappa shape index (κ1) is 24.9. The summed E-state index contributed by atoms with van der Waals surface area (Å²) >= 11 is 0. The number of aromatic nitrogens is 1. The van der Waals surface area contributed by atoms with Crippen molar-refractivity contribution in [3.8, 4) is 0 Å². The Kier molecular flexibility index (Phi) is 7.67. The summed E-state index contributed by atoms with van der Waals surface area (Å²) in [5.74, 6) is -3.37. The number of likely N-dealkylation sites (N-methyl/N-ethyl adjacent to an activating group) is 1. The number of amides is 1. The van der Waals surface area contributed by atoms with E-state index in [-0.39, 0.29) is 5.56 Å². The largest absolute Gasteiger partial charge is 0.490 e. The van der Waals surface area contributed by atoms with Crippen LogP contribution >= 0.6 is 0 Å². The van der Waals surface area contributed by atoms with E-state index in [1.807, 2.05) is 19.2 Å². The summed E-state index contributed by atoms with van der Waals surface area (Å²) in [5, 5.41) is 12.9. The molecule has 0 saturated carbocycles. The number of carboxylic acids is 1. The Morgan fingerprint density at radius 3 is 2.09 bits per heavy atom. The zero-order valence-electron chi connectivity index (χ0n) is 16.5. The number of benzene rings is 1. The predicted octanol–water partition coefficient (Wildman–Crippen LogP) is 3.39. The summed E-state index contributed by atoms with van der Waals surface area (Å²) in [5.41, 5.74) is 0.335. The molecule has 0 bridgehead atoms. The minimum atomic E-state index is -5.08. The van der Waals surface area contributed by atoms with Crippen LogP contribution in [0, 0.1) is 0 Å². The zero-order chi connectivity index (χ0) is 24.1. The van der Waals surface area contributed by atoms with Crippen LogP contribution in [0.3, 0.4) is 0 Å². The highest BCUT2D eigenvalue weighted by molar-refractivity contribution is 6.04. The van der Waals surface area contributed by atoms with Crippen LogP contribution in [-0.2, 0) is 11.0 Å². The van der Waals surface area contributed by atoms with Gasteiger partial charge in [-0.05, 0) is 36.4 Å². The van der Waals surface area contributed by atoms with E-state index in [4.69, 9.17) is 9.90 Å². The molecule has 1 aromatic heterocycles. The molecule has 0 spiro atoms. The van der Waals surface area contributed by atoms with Crippen LogP contribution in [0.15, 0.2) is 42.6 Å². The number of carbonyl (C=O) groups is 2. The van der Waals surface area contributed by atoms with Gasteiger partial charge in [0.25, 0.3) is 5.91 Å². The number of anilines is 2. The van der Waals surface area contributed by atoms with Gasteiger partial charge < -0.3 is 20.6 Å². The molecule has 2 heterocycles. The van der Waals surface area contributed by atoms with E-state index < -0.39 is 29.9 Å². The van der Waals surface area contributed by atoms with Crippen molar-refractivity contribution in [1.29, 1.82) is 0 Å². The van der Waals surface area contributed by atoms with Crippen LogP contribution in [0.25, 0.3) is 0 Å². The molecule has 0 aliphatic carbocycles. The van der Waals surface area contributed by atoms with E-state index in [1.165, 1.54) is 6.07 Å². The molecule has 0 atom stereocenters. The fourth-order valence-corrected chi connectivity index (χ4v) is 2.47. The van der Waals surface area contributed by atoms with Crippen LogP contribution in [-0.4, -0.2) is 54.3 Å². The van der Waals surface area contributed by atoms with Crippen LogP contribution in [0.1, 0.15) is 16.1 Å². The SMILES string of the molecule is CN(c1ccc(NC(=O)c2ccnc(C(F)(F)F)c2)cc1)C1CNC1.O=C(O)C(F)(F)F. The maximum absolute atomic E-state index is 12.7. The van der Waals surface area contributed by atoms with Gasteiger partial charge in [-0.1, -0.05) is 0 Å². The van der Waals surface area contributed by atoms with Crippen molar-refractivity contribution >= 4 is 23.3 Å². The van der Waals surface area contributed by atoms with E-state index in [0.29, 0.717) is 11.7 Å². The first-order valence-electron chi connectivity index (χ1n) is 8.97. The number of alkyl halides is 6. The van der Waals surface area contributed by atoms with Gasteiger partial charge in [-0.3, -0.25) is 9.78 Å². The van der Waals surface area contributed by atoms with E-state index in [0.717, 1.165) is 31.0 Å². The van der Waals surface area contributed by atoms with Crippen molar-refractivity contribution in [2.24, 2.45) is 0 Å². The molecule has 1 fully saturated rings. The van der Waals surface area contributed by atoms with Gasteiger partial charge in [-0.2, -0.15) is 26.3 Å². The third kappa shape index (κ3) is 6.83. The number of hydrogen-bond acceptors (Lipinski definition) is 5. The lowest BCUT2D eigenvalue weighted by Gasteiger charge is -2.37. The topological polar surface area (TPSA) is 94.6 Å². The van der Waals surface area contributed by atoms with E-state index in [1.54, 1.807) is 12.1 Å². The number of rotatable bonds is 4. The summed E-state index contributed by atoms with van der Waals surface area (Å²) in [7, 11) is 1.99. The number of pyridine rings is 1. The molecule has 1 aliphatic heterocycles. The van der Waals surface area contributed by atoms with E-state index in [2.05, 4.69) is 20.5 Å². The van der Waals surface area contributed by atoms with Crippen LogP contribution in [0.5, 0.6) is 0 Å². The Morgan fingerprint density at radius 2 is 1.66 bits per heavy atom. The highest BCUT2D eigenvalue weighted by Crippen LogP contribution is 2.28. The average Bonchev–Trinajstić information content (AvgIpc) is 2.66. The first-order valence-corrected chi connectivity index (χ1v) is 8.97. The highest BCUT2D eigenvalue weighted by atomic mass is 19.4. The van der Waals surface area contributed by atoms with Crippen molar-refractivity contribution in [1.82, 2.24) is 10.3 Å². The van der Waals surface area contributed by atoms with E-state index in [9.17, 15) is 31.1 Å². The lowest BCUT2D eigenvalue weighted by Crippen LogP contribution is -2.56. The maximum Gasteiger partial charge on any atom is 0.490 e. The van der Waals surface area contributed by atoms with Gasteiger partial charge in [0.1, 0.15) is 5.69 Å². The van der Waals surface area contributed by atoms with Gasteiger partial charge >= 0.3 is 18.3 Å². The second kappa shape index (κ2) is 9.85. The molecule has 2 aromatic rings. The summed E-state index contributed by atoms with van der Waals surface area (Å²) in [6, 6.07) is 9.60. The molecule has 1 saturated heterocycles. The normalized spacial score (nSPS) is 14.0. The van der Waals surface area contributed by atoms with E-state index >= 15 is 0 Å². The molecule has 1 amide bonds. The minimum Gasteiger partial charge on any atom is -0.475 e. The van der Waals surface area contributed by atoms with Crippen molar-refractivity contribution in [3.63, 3.8) is 0 Å². The summed E-state index contributed by atoms with van der Waals surface area (Å²) in [6.07, 6.45) is -8.69. The van der Waals surface area contributed by atoms with Crippen LogP contribution < -0.4 is 15.5 Å². The molecule has 1 aromatic carbocycles. The minimum absolute atomic E-state index is 0.0935. The molecule has 3 N–H and O–H groups in total. The molecule has 174 valence electrons. The van der Waals surface area contributed by atoms with Crippen molar-refractivity contribution in [2.45, 2.75) is 18.4 Å². The smallest absolute Gasteiger partial charge is 0.475 e. The van der Waals surface area contributed by atoms with Crippen LogP contribution in [0.4, 0.5) is 37.7 Å². The Labute approximate surface area is 178 Å².